The van der Waals surface area contributed by atoms with E-state index < -0.39 is 0 Å². The van der Waals surface area contributed by atoms with Gasteiger partial charge in [-0.2, -0.15) is 0 Å². The molecule has 16 heavy (non-hydrogen) atoms. The Bertz CT molecular complexity index is 507. The molecule has 0 aromatic heterocycles. The van der Waals surface area contributed by atoms with Gasteiger partial charge in [0.2, 0.25) is 0 Å². The summed E-state index contributed by atoms with van der Waals surface area (Å²) >= 11 is 0. The molecule has 0 saturated heterocycles. The van der Waals surface area contributed by atoms with Crippen LogP contribution >= 0.6 is 0 Å². The lowest BCUT2D eigenvalue weighted by Crippen LogP contribution is -1.90. The van der Waals surface area contributed by atoms with E-state index in [0.29, 0.717) is 11.1 Å². The summed E-state index contributed by atoms with van der Waals surface area (Å²) in [4.78, 5) is 0. The summed E-state index contributed by atoms with van der Waals surface area (Å²) in [5, 5.41) is 0. The summed E-state index contributed by atoms with van der Waals surface area (Å²) in [6.07, 6.45) is 0. The molecule has 0 fully saturated rings. The fourth-order valence-corrected chi connectivity index (χ4v) is 1.78. The zero-order chi connectivity index (χ0) is 11.7. The molecule has 0 saturated carbocycles. The Kier molecular flexibility index (Phi) is 2.73. The quantitative estimate of drug-likeness (QED) is 0.671. The highest BCUT2D eigenvalue weighted by Crippen LogP contribution is 2.24. The Hall–Kier alpha value is -1.70. The van der Waals surface area contributed by atoms with Crippen LogP contribution in [-0.2, 0) is 0 Å². The van der Waals surface area contributed by atoms with Gasteiger partial charge < -0.3 is 0 Å². The van der Waals surface area contributed by atoms with Gasteiger partial charge in [0.05, 0.1) is 0 Å². The molecule has 0 atom stereocenters. The van der Waals surface area contributed by atoms with Crippen LogP contribution in [0, 0.1) is 25.5 Å². The molecule has 2 rings (SSSR count). The van der Waals surface area contributed by atoms with Gasteiger partial charge in [0.25, 0.3) is 0 Å². The van der Waals surface area contributed by atoms with Crippen molar-refractivity contribution in [3.63, 3.8) is 0 Å². The summed E-state index contributed by atoms with van der Waals surface area (Å²) in [5.74, 6) is -0.475. The third-order valence-electron chi connectivity index (χ3n) is 2.59. The van der Waals surface area contributed by atoms with E-state index >= 15 is 0 Å². The normalized spacial score (nSPS) is 10.5. The molecule has 2 aromatic rings. The van der Waals surface area contributed by atoms with Crippen molar-refractivity contribution in [1.29, 1.82) is 0 Å². The fraction of sp³-hybridized carbons (Fsp3) is 0.143. The van der Waals surface area contributed by atoms with Crippen molar-refractivity contribution in [1.82, 2.24) is 0 Å². The SMILES string of the molecule is Cc1cc(-c2cccc(F)c2)cc(C)c1F. The topological polar surface area (TPSA) is 0 Å². The lowest BCUT2D eigenvalue weighted by atomic mass is 10.0. The molecule has 0 heterocycles. The highest BCUT2D eigenvalue weighted by atomic mass is 19.1. The molecule has 0 aliphatic heterocycles. The Balaban J connectivity index is 2.57. The summed E-state index contributed by atoms with van der Waals surface area (Å²) in [7, 11) is 0. The lowest BCUT2D eigenvalue weighted by molar-refractivity contribution is 0.609. The molecule has 0 nitrogen and oxygen atoms in total. The number of benzene rings is 2. The zero-order valence-corrected chi connectivity index (χ0v) is 9.22. The molecule has 82 valence electrons. The van der Waals surface area contributed by atoms with E-state index in [1.807, 2.05) is 6.07 Å². The van der Waals surface area contributed by atoms with Crippen LogP contribution in [-0.4, -0.2) is 0 Å². The van der Waals surface area contributed by atoms with Gasteiger partial charge in [0, 0.05) is 0 Å². The molecule has 0 aliphatic carbocycles. The molecule has 0 aliphatic rings. The van der Waals surface area contributed by atoms with Crippen molar-refractivity contribution >= 4 is 0 Å². The molecule has 0 bridgehead atoms. The summed E-state index contributed by atoms with van der Waals surface area (Å²) in [5.41, 5.74) is 2.78. The van der Waals surface area contributed by atoms with Crippen LogP contribution in [0.1, 0.15) is 11.1 Å². The van der Waals surface area contributed by atoms with Gasteiger partial charge in [-0.15, -0.1) is 0 Å². The Morgan fingerprint density at radius 3 is 2.00 bits per heavy atom. The number of halogens is 2. The van der Waals surface area contributed by atoms with E-state index in [1.165, 1.54) is 12.1 Å². The van der Waals surface area contributed by atoms with E-state index in [-0.39, 0.29) is 11.6 Å². The van der Waals surface area contributed by atoms with Crippen molar-refractivity contribution in [2.45, 2.75) is 13.8 Å². The van der Waals surface area contributed by atoms with E-state index in [0.717, 1.165) is 11.1 Å². The second-order valence-corrected chi connectivity index (χ2v) is 3.93. The third kappa shape index (κ3) is 1.96. The van der Waals surface area contributed by atoms with Gasteiger partial charge in [-0.1, -0.05) is 12.1 Å². The third-order valence-corrected chi connectivity index (χ3v) is 2.59. The fourth-order valence-electron chi connectivity index (χ4n) is 1.78. The maximum absolute atomic E-state index is 13.4. The Morgan fingerprint density at radius 1 is 0.812 bits per heavy atom. The van der Waals surface area contributed by atoms with Gasteiger partial charge in [-0.05, 0) is 60.4 Å². The van der Waals surface area contributed by atoms with Crippen LogP contribution in [0.25, 0.3) is 11.1 Å². The van der Waals surface area contributed by atoms with Crippen LogP contribution in [0.2, 0.25) is 0 Å². The molecule has 0 spiro atoms. The predicted molar refractivity (Wildman–Crippen MR) is 61.3 cm³/mol. The Labute approximate surface area is 93.5 Å². The second-order valence-electron chi connectivity index (χ2n) is 3.93. The largest absolute Gasteiger partial charge is 0.207 e. The average Bonchev–Trinajstić information content (AvgIpc) is 2.25. The van der Waals surface area contributed by atoms with Gasteiger partial charge in [0.1, 0.15) is 11.6 Å². The van der Waals surface area contributed by atoms with Gasteiger partial charge >= 0.3 is 0 Å². The molecular weight excluding hydrogens is 206 g/mol. The molecule has 0 N–H and O–H groups in total. The number of rotatable bonds is 1. The van der Waals surface area contributed by atoms with Crippen LogP contribution in [0.15, 0.2) is 36.4 Å². The first-order valence-electron chi connectivity index (χ1n) is 5.10. The monoisotopic (exact) mass is 218 g/mol. The first-order chi connectivity index (χ1) is 7.58. The van der Waals surface area contributed by atoms with Crippen molar-refractivity contribution in [2.24, 2.45) is 0 Å². The summed E-state index contributed by atoms with van der Waals surface area (Å²) in [6.45, 7) is 3.43. The molecule has 2 aromatic carbocycles. The Morgan fingerprint density at radius 2 is 1.44 bits per heavy atom. The minimum absolute atomic E-state index is 0.194. The minimum Gasteiger partial charge on any atom is -0.207 e. The van der Waals surface area contributed by atoms with E-state index in [9.17, 15) is 8.78 Å². The van der Waals surface area contributed by atoms with E-state index in [2.05, 4.69) is 0 Å². The molecule has 0 radical (unpaired) electrons. The standard InChI is InChI=1S/C14H12F2/c1-9-6-12(7-10(2)14(9)16)11-4-3-5-13(15)8-11/h3-8H,1-2H3. The summed E-state index contributed by atoms with van der Waals surface area (Å²) in [6, 6.07) is 9.78. The smallest absolute Gasteiger partial charge is 0.129 e. The first kappa shape index (κ1) is 10.8. The highest BCUT2D eigenvalue weighted by Gasteiger charge is 2.06. The zero-order valence-electron chi connectivity index (χ0n) is 9.22. The number of hydrogen-bond donors (Lipinski definition) is 0. The van der Waals surface area contributed by atoms with E-state index in [1.54, 1.807) is 32.0 Å². The summed E-state index contributed by atoms with van der Waals surface area (Å²) < 4.78 is 26.5. The highest BCUT2D eigenvalue weighted by molar-refractivity contribution is 5.65. The molecule has 0 amide bonds. The van der Waals surface area contributed by atoms with Gasteiger partial charge in [-0.25, -0.2) is 8.78 Å². The molecule has 2 heteroatoms. The predicted octanol–water partition coefficient (Wildman–Crippen LogP) is 4.25. The average molecular weight is 218 g/mol. The van der Waals surface area contributed by atoms with Crippen LogP contribution in [0.4, 0.5) is 8.78 Å². The lowest BCUT2D eigenvalue weighted by Gasteiger charge is -2.07. The van der Waals surface area contributed by atoms with Crippen molar-refractivity contribution in [3.05, 3.63) is 59.2 Å². The second kappa shape index (κ2) is 4.05. The van der Waals surface area contributed by atoms with E-state index in [4.69, 9.17) is 0 Å². The maximum atomic E-state index is 13.4. The van der Waals surface area contributed by atoms with Gasteiger partial charge in [-0.3, -0.25) is 0 Å². The molecule has 0 unspecified atom stereocenters. The molecular formula is C14H12F2. The number of aryl methyl sites for hydroxylation is 2. The van der Waals surface area contributed by atoms with Gasteiger partial charge in [0.15, 0.2) is 0 Å². The minimum atomic E-state index is -0.280. The van der Waals surface area contributed by atoms with Crippen LogP contribution < -0.4 is 0 Å². The van der Waals surface area contributed by atoms with Crippen molar-refractivity contribution in [3.8, 4) is 11.1 Å². The maximum Gasteiger partial charge on any atom is 0.129 e. The van der Waals surface area contributed by atoms with Crippen molar-refractivity contribution in [2.75, 3.05) is 0 Å². The van der Waals surface area contributed by atoms with Crippen LogP contribution in [0.3, 0.4) is 0 Å². The number of hydrogen-bond acceptors (Lipinski definition) is 0. The van der Waals surface area contributed by atoms with Crippen molar-refractivity contribution < 1.29 is 8.78 Å². The first-order valence-corrected chi connectivity index (χ1v) is 5.10. The van der Waals surface area contributed by atoms with Crippen LogP contribution in [0.5, 0.6) is 0 Å².